The molecule has 1 aromatic heterocycles. The number of nitrogens with zero attached hydrogens (tertiary/aromatic N) is 1. The number of urea groups is 1. The second kappa shape index (κ2) is 15.4. The fourth-order valence-corrected chi connectivity index (χ4v) is 5.55. The SMILES string of the molecule is CC(C)C[C@H](NC(=O)N1CCCCCC1)C(=O)N[C@H](Cc1ccc(F)cc1)C(=O)N[C@H](Cc1c[nH]c2ccccc12)C(=O)O. The minimum absolute atomic E-state index is 0.00819. The van der Waals surface area contributed by atoms with E-state index in [1.165, 1.54) is 24.3 Å². The highest BCUT2D eigenvalue weighted by molar-refractivity contribution is 5.94. The number of aromatic amines is 1. The summed E-state index contributed by atoms with van der Waals surface area (Å²) < 4.78 is 13.6. The van der Waals surface area contributed by atoms with Gasteiger partial charge in [-0.3, -0.25) is 9.59 Å². The number of aromatic nitrogens is 1. The Labute approximate surface area is 256 Å². The molecule has 3 atom stereocenters. The van der Waals surface area contributed by atoms with E-state index < -0.39 is 41.7 Å². The van der Waals surface area contributed by atoms with Crippen LogP contribution in [0.4, 0.5) is 9.18 Å². The first-order valence-electron chi connectivity index (χ1n) is 15.3. The number of H-pyrrole nitrogens is 1. The molecule has 11 heteroatoms. The molecule has 1 aliphatic heterocycles. The standard InChI is InChI=1S/C33H42FN5O5/c1-21(2)17-27(38-33(44)39-15-7-3-4-8-16-39)30(40)36-28(18-22-11-13-24(34)14-12-22)31(41)37-29(32(42)43)19-23-20-35-26-10-6-5-9-25(23)26/h5-6,9-14,20-21,27-29,35H,3-4,7-8,15-19H2,1-2H3,(H,36,40)(H,37,41)(H,38,44)(H,42,43)/t27-,28+,29+/m0/s1. The number of hydrogen-bond donors (Lipinski definition) is 5. The molecule has 0 spiro atoms. The average molecular weight is 608 g/mol. The number of likely N-dealkylation sites (tertiary alicyclic amines) is 1. The molecular weight excluding hydrogens is 565 g/mol. The van der Waals surface area contributed by atoms with Crippen LogP contribution in [0.5, 0.6) is 0 Å². The first-order valence-corrected chi connectivity index (χ1v) is 15.3. The summed E-state index contributed by atoms with van der Waals surface area (Å²) in [5.74, 6) is -2.86. The van der Waals surface area contributed by atoms with Crippen LogP contribution in [0.2, 0.25) is 0 Å². The van der Waals surface area contributed by atoms with E-state index in [4.69, 9.17) is 0 Å². The lowest BCUT2D eigenvalue weighted by atomic mass is 10.0. The van der Waals surface area contributed by atoms with E-state index in [1.807, 2.05) is 38.1 Å². The molecule has 1 aliphatic rings. The van der Waals surface area contributed by atoms with Gasteiger partial charge in [-0.15, -0.1) is 0 Å². The zero-order valence-corrected chi connectivity index (χ0v) is 25.3. The van der Waals surface area contributed by atoms with Crippen molar-refractivity contribution < 1.29 is 28.7 Å². The van der Waals surface area contributed by atoms with Crippen LogP contribution in [0.25, 0.3) is 10.9 Å². The molecule has 1 fully saturated rings. The van der Waals surface area contributed by atoms with Crippen molar-refractivity contribution in [1.29, 1.82) is 0 Å². The van der Waals surface area contributed by atoms with Gasteiger partial charge in [-0.1, -0.05) is 57.0 Å². The molecule has 3 aromatic rings. The molecule has 0 bridgehead atoms. The molecular formula is C33H42FN5O5. The fourth-order valence-electron chi connectivity index (χ4n) is 5.55. The maximum absolute atomic E-state index is 13.6. The maximum atomic E-state index is 13.6. The normalized spacial score (nSPS) is 15.7. The summed E-state index contributed by atoms with van der Waals surface area (Å²) in [6, 6.07) is 9.31. The lowest BCUT2D eigenvalue weighted by Crippen LogP contribution is -2.58. The lowest BCUT2D eigenvalue weighted by Gasteiger charge is -2.28. The third-order valence-corrected chi connectivity index (χ3v) is 7.91. The monoisotopic (exact) mass is 607 g/mol. The number of benzene rings is 2. The summed E-state index contributed by atoms with van der Waals surface area (Å²) in [5.41, 5.74) is 2.14. The van der Waals surface area contributed by atoms with Gasteiger partial charge in [0.15, 0.2) is 0 Å². The van der Waals surface area contributed by atoms with Gasteiger partial charge >= 0.3 is 12.0 Å². The molecule has 10 nitrogen and oxygen atoms in total. The van der Waals surface area contributed by atoms with E-state index in [-0.39, 0.29) is 24.8 Å². The highest BCUT2D eigenvalue weighted by Gasteiger charge is 2.31. The van der Waals surface area contributed by atoms with Crippen molar-refractivity contribution in [2.75, 3.05) is 13.1 Å². The molecule has 44 heavy (non-hydrogen) atoms. The van der Waals surface area contributed by atoms with E-state index in [1.54, 1.807) is 11.1 Å². The van der Waals surface area contributed by atoms with Crippen molar-refractivity contribution in [1.82, 2.24) is 25.8 Å². The summed E-state index contributed by atoms with van der Waals surface area (Å²) in [5, 5.41) is 19.1. The maximum Gasteiger partial charge on any atom is 0.326 e. The molecule has 5 N–H and O–H groups in total. The first-order chi connectivity index (χ1) is 21.1. The first kappa shape index (κ1) is 32.5. The number of hydrogen-bond acceptors (Lipinski definition) is 4. The van der Waals surface area contributed by atoms with Gasteiger partial charge in [0.05, 0.1) is 0 Å². The fraction of sp³-hybridized carbons (Fsp3) is 0.455. The van der Waals surface area contributed by atoms with Crippen molar-refractivity contribution >= 4 is 34.7 Å². The molecule has 2 aromatic carbocycles. The second-order valence-corrected chi connectivity index (χ2v) is 11.9. The topological polar surface area (TPSA) is 144 Å². The number of rotatable bonds is 12. The van der Waals surface area contributed by atoms with Crippen molar-refractivity contribution in [2.24, 2.45) is 5.92 Å². The van der Waals surface area contributed by atoms with E-state index in [0.29, 0.717) is 25.1 Å². The highest BCUT2D eigenvalue weighted by Crippen LogP contribution is 2.19. The van der Waals surface area contributed by atoms with Gasteiger partial charge in [0.2, 0.25) is 11.8 Å². The van der Waals surface area contributed by atoms with E-state index in [0.717, 1.165) is 42.1 Å². The minimum Gasteiger partial charge on any atom is -0.480 e. The Morgan fingerprint density at radius 2 is 1.48 bits per heavy atom. The molecule has 0 saturated carbocycles. The number of nitrogens with one attached hydrogen (secondary N) is 4. The Bertz CT molecular complexity index is 1430. The third kappa shape index (κ3) is 9.05. The largest absolute Gasteiger partial charge is 0.480 e. The highest BCUT2D eigenvalue weighted by atomic mass is 19.1. The molecule has 4 rings (SSSR count). The van der Waals surface area contributed by atoms with Gasteiger partial charge in [-0.25, -0.2) is 14.0 Å². The van der Waals surface area contributed by atoms with Crippen molar-refractivity contribution in [3.05, 3.63) is 71.7 Å². The zero-order valence-electron chi connectivity index (χ0n) is 25.3. The second-order valence-electron chi connectivity index (χ2n) is 11.9. The summed E-state index contributed by atoms with van der Waals surface area (Å²) >= 11 is 0. The van der Waals surface area contributed by atoms with Crippen LogP contribution in [0.15, 0.2) is 54.7 Å². The number of aliphatic carboxylic acids is 1. The molecule has 0 unspecified atom stereocenters. The number of fused-ring (bicyclic) bond motifs is 1. The third-order valence-electron chi connectivity index (χ3n) is 7.91. The smallest absolute Gasteiger partial charge is 0.326 e. The predicted octanol–water partition coefficient (Wildman–Crippen LogP) is 4.15. The molecule has 4 amide bonds. The minimum atomic E-state index is -1.27. The molecule has 1 saturated heterocycles. The number of para-hydroxylation sites is 1. The van der Waals surface area contributed by atoms with Crippen molar-refractivity contribution in [3.63, 3.8) is 0 Å². The van der Waals surface area contributed by atoms with Crippen molar-refractivity contribution in [2.45, 2.75) is 76.9 Å². The van der Waals surface area contributed by atoms with Gasteiger partial charge in [0.25, 0.3) is 0 Å². The van der Waals surface area contributed by atoms with Gasteiger partial charge in [0, 0.05) is 43.0 Å². The Hall–Kier alpha value is -4.41. The van der Waals surface area contributed by atoms with Crippen molar-refractivity contribution in [3.8, 4) is 0 Å². The molecule has 0 radical (unpaired) electrons. The van der Waals surface area contributed by atoms with Crippen LogP contribution in [0, 0.1) is 11.7 Å². The van der Waals surface area contributed by atoms with Crippen LogP contribution < -0.4 is 16.0 Å². The molecule has 0 aliphatic carbocycles. The van der Waals surface area contributed by atoms with Crippen LogP contribution in [-0.2, 0) is 27.2 Å². The Morgan fingerprint density at radius 1 is 0.841 bits per heavy atom. The van der Waals surface area contributed by atoms with Crippen LogP contribution in [-0.4, -0.2) is 70.0 Å². The van der Waals surface area contributed by atoms with E-state index in [9.17, 15) is 28.7 Å². The average Bonchev–Trinajstić information content (AvgIpc) is 3.19. The number of carboxylic acid groups (broad SMARTS) is 1. The lowest BCUT2D eigenvalue weighted by molar-refractivity contribution is -0.142. The Kier molecular flexibility index (Phi) is 11.3. The van der Waals surface area contributed by atoms with E-state index in [2.05, 4.69) is 20.9 Å². The number of halogens is 1. The number of amides is 4. The van der Waals surface area contributed by atoms with Gasteiger partial charge in [-0.05, 0) is 54.5 Å². The van der Waals surface area contributed by atoms with Gasteiger partial charge in [0.1, 0.15) is 23.9 Å². The zero-order chi connectivity index (χ0) is 31.6. The number of carboxylic acids is 1. The van der Waals surface area contributed by atoms with Crippen LogP contribution in [0.1, 0.15) is 57.1 Å². The van der Waals surface area contributed by atoms with Gasteiger partial charge < -0.3 is 30.9 Å². The quantitative estimate of drug-likeness (QED) is 0.210. The summed E-state index contributed by atoms with van der Waals surface area (Å²) in [7, 11) is 0. The summed E-state index contributed by atoms with van der Waals surface area (Å²) in [4.78, 5) is 57.5. The number of carbonyl (C=O) groups excluding carboxylic acids is 3. The Morgan fingerprint density at radius 3 is 2.14 bits per heavy atom. The summed E-state index contributed by atoms with van der Waals surface area (Å²) in [6.45, 7) is 5.10. The van der Waals surface area contributed by atoms with E-state index >= 15 is 0 Å². The van der Waals surface area contributed by atoms with Crippen LogP contribution >= 0.6 is 0 Å². The number of carbonyl (C=O) groups is 4. The van der Waals surface area contributed by atoms with Gasteiger partial charge in [-0.2, -0.15) is 0 Å². The molecule has 236 valence electrons. The van der Waals surface area contributed by atoms with Crippen LogP contribution in [0.3, 0.4) is 0 Å². The summed E-state index contributed by atoms with van der Waals surface area (Å²) in [6.07, 6.45) is 5.98. The Balaban J connectivity index is 1.52. The predicted molar refractivity (Wildman–Crippen MR) is 165 cm³/mol. The molecule has 2 heterocycles.